The van der Waals surface area contributed by atoms with Crippen LogP contribution in [-0.2, 0) is 14.3 Å². The van der Waals surface area contributed by atoms with E-state index in [2.05, 4.69) is 67.7 Å². The molecule has 0 aliphatic rings. The normalized spacial score (nSPS) is 13.7. The first-order valence-electron chi connectivity index (χ1n) is 13.2. The summed E-state index contributed by atoms with van der Waals surface area (Å²) in [4.78, 5) is 23.1. The molecule has 0 amide bonds. The van der Waals surface area contributed by atoms with Crippen LogP contribution in [0.4, 0.5) is 0 Å². The van der Waals surface area contributed by atoms with Crippen molar-refractivity contribution >= 4 is 11.9 Å². The number of hydrogen-bond donors (Lipinski definition) is 1. The van der Waals surface area contributed by atoms with Gasteiger partial charge >= 0.3 is 11.9 Å². The summed E-state index contributed by atoms with van der Waals surface area (Å²) < 4.78 is 5.97. The van der Waals surface area contributed by atoms with Crippen molar-refractivity contribution in [1.82, 2.24) is 0 Å². The van der Waals surface area contributed by atoms with Gasteiger partial charge in [0.15, 0.2) is 6.10 Å². The van der Waals surface area contributed by atoms with E-state index in [1.807, 2.05) is 21.1 Å². The van der Waals surface area contributed by atoms with Crippen molar-refractivity contribution in [1.29, 1.82) is 0 Å². The fourth-order valence-electron chi connectivity index (χ4n) is 3.45. The molecule has 0 rings (SSSR count). The van der Waals surface area contributed by atoms with E-state index in [4.69, 9.17) is 9.84 Å². The average Bonchev–Trinajstić information content (AvgIpc) is 2.76. The first-order valence-corrected chi connectivity index (χ1v) is 13.2. The summed E-state index contributed by atoms with van der Waals surface area (Å²) in [5.41, 5.74) is 0. The van der Waals surface area contributed by atoms with Gasteiger partial charge in [-0.25, -0.2) is 0 Å². The number of quaternary nitrogens is 1. The molecule has 0 heterocycles. The highest BCUT2D eigenvalue weighted by Crippen LogP contribution is 2.10. The van der Waals surface area contributed by atoms with Gasteiger partial charge in [-0.2, -0.15) is 0 Å². The molecule has 0 aliphatic carbocycles. The van der Waals surface area contributed by atoms with Gasteiger partial charge in [0, 0.05) is 6.42 Å². The number of hydrogen-bond acceptors (Lipinski definition) is 3. The van der Waals surface area contributed by atoms with Gasteiger partial charge in [-0.15, -0.1) is 0 Å². The second kappa shape index (κ2) is 22.1. The Morgan fingerprint density at radius 3 is 1.71 bits per heavy atom. The minimum absolute atomic E-state index is 0.144. The summed E-state index contributed by atoms with van der Waals surface area (Å²) in [5, 5.41) is 9.03. The molecule has 0 aromatic rings. The zero-order valence-corrected chi connectivity index (χ0v) is 22.7. The lowest BCUT2D eigenvalue weighted by Gasteiger charge is -2.28. The number of carboxylic acid groups (broad SMARTS) is 1. The van der Waals surface area contributed by atoms with Gasteiger partial charge in [0.05, 0.1) is 27.6 Å². The number of ether oxygens (including phenoxy) is 1. The van der Waals surface area contributed by atoms with E-state index in [-0.39, 0.29) is 12.4 Å². The van der Waals surface area contributed by atoms with Gasteiger partial charge < -0.3 is 14.3 Å². The number of carbonyl (C=O) groups is 2. The number of carboxylic acids is 1. The maximum Gasteiger partial charge on any atom is 0.307 e. The van der Waals surface area contributed by atoms with Crippen LogP contribution in [0.5, 0.6) is 0 Å². The topological polar surface area (TPSA) is 63.6 Å². The predicted octanol–water partition coefficient (Wildman–Crippen LogP) is 7.17. The molecule has 1 unspecified atom stereocenters. The highest BCUT2D eigenvalue weighted by atomic mass is 16.5. The second-order valence-electron chi connectivity index (χ2n) is 9.84. The molecule has 0 aliphatic heterocycles. The fourth-order valence-corrected chi connectivity index (χ4v) is 3.45. The minimum atomic E-state index is -0.939. The molecule has 0 saturated heterocycles. The molecule has 0 bridgehead atoms. The van der Waals surface area contributed by atoms with Gasteiger partial charge in [0.2, 0.25) is 0 Å². The Balaban J connectivity index is 3.74. The molecule has 5 nitrogen and oxygen atoms in total. The molecule has 0 spiro atoms. The third kappa shape index (κ3) is 26.1. The molecule has 1 atom stereocenters. The largest absolute Gasteiger partial charge is 0.481 e. The molecule has 0 aromatic carbocycles. The molecule has 0 saturated carbocycles. The summed E-state index contributed by atoms with van der Waals surface area (Å²) in [6.45, 7) is 2.64. The minimum Gasteiger partial charge on any atom is -0.481 e. The van der Waals surface area contributed by atoms with Crippen LogP contribution in [0.1, 0.15) is 84.0 Å². The molecule has 5 heteroatoms. The maximum absolute atomic E-state index is 12.1. The van der Waals surface area contributed by atoms with E-state index in [9.17, 15) is 9.59 Å². The van der Waals surface area contributed by atoms with Gasteiger partial charge in [-0.1, -0.05) is 80.5 Å². The zero-order valence-electron chi connectivity index (χ0n) is 22.7. The van der Waals surface area contributed by atoms with Crippen molar-refractivity contribution in [3.63, 3.8) is 0 Å². The highest BCUT2D eigenvalue weighted by Gasteiger charge is 2.24. The van der Waals surface area contributed by atoms with Gasteiger partial charge in [-0.05, 0) is 51.4 Å². The van der Waals surface area contributed by atoms with Crippen LogP contribution < -0.4 is 0 Å². The van der Waals surface area contributed by atoms with Gasteiger partial charge in [0.25, 0.3) is 0 Å². The SMILES string of the molecule is CC/C=C/C/C=C/C/C=C/C/C=C/C/C=C/CCCCCCC(=O)OC(CC(=O)O)C[N+](C)(C)C. The van der Waals surface area contributed by atoms with Crippen LogP contribution in [0.25, 0.3) is 0 Å². The Morgan fingerprint density at radius 1 is 0.743 bits per heavy atom. The molecule has 0 radical (unpaired) electrons. The first-order chi connectivity index (χ1) is 16.7. The Morgan fingerprint density at radius 2 is 1.23 bits per heavy atom. The lowest BCUT2D eigenvalue weighted by atomic mass is 10.1. The number of allylic oxidation sites excluding steroid dienone is 10. The average molecular weight is 489 g/mol. The van der Waals surface area contributed by atoms with E-state index < -0.39 is 12.1 Å². The van der Waals surface area contributed by atoms with Crippen molar-refractivity contribution in [3.05, 3.63) is 60.8 Å². The molecule has 198 valence electrons. The fraction of sp³-hybridized carbons (Fsp3) is 0.600. The van der Waals surface area contributed by atoms with Crippen LogP contribution in [0.3, 0.4) is 0 Å². The molecule has 0 aromatic heterocycles. The standard InChI is InChI=1S/C30H49NO4/c1-5-6-7-8-9-10-11-12-13-14-15-16-17-18-19-20-21-22-23-24-25-30(34)35-28(26-29(32)33)27-31(2,3)4/h6-7,9-10,12-13,15-16,18-19,28H,5,8,11,14,17,20-27H2,1-4H3/p+1/b7-6+,10-9+,13-12+,16-15+,19-18+. The van der Waals surface area contributed by atoms with Gasteiger partial charge in [0.1, 0.15) is 6.54 Å². The van der Waals surface area contributed by atoms with Crippen molar-refractivity contribution in [2.24, 2.45) is 0 Å². The number of esters is 1. The predicted molar refractivity (Wildman–Crippen MR) is 147 cm³/mol. The summed E-state index contributed by atoms with van der Waals surface area (Å²) >= 11 is 0. The van der Waals surface area contributed by atoms with E-state index >= 15 is 0 Å². The lowest BCUT2D eigenvalue weighted by molar-refractivity contribution is -0.873. The van der Waals surface area contributed by atoms with Crippen LogP contribution in [-0.4, -0.2) is 55.3 Å². The Kier molecular flexibility index (Phi) is 20.6. The van der Waals surface area contributed by atoms with E-state index in [0.717, 1.165) is 64.2 Å². The summed E-state index contributed by atoms with van der Waals surface area (Å²) in [6.07, 6.45) is 31.8. The highest BCUT2D eigenvalue weighted by molar-refractivity contribution is 5.71. The number of aliphatic carboxylic acids is 1. The number of likely N-dealkylation sites (N-methyl/N-ethyl adjacent to an activating group) is 1. The van der Waals surface area contributed by atoms with E-state index in [1.165, 1.54) is 0 Å². The summed E-state index contributed by atoms with van der Waals surface area (Å²) in [7, 11) is 5.87. The Bertz CT molecular complexity index is 696. The second-order valence-corrected chi connectivity index (χ2v) is 9.84. The smallest absolute Gasteiger partial charge is 0.307 e. The Labute approximate surface area is 214 Å². The molecule has 35 heavy (non-hydrogen) atoms. The number of rotatable bonds is 21. The van der Waals surface area contributed by atoms with Crippen molar-refractivity contribution in [2.75, 3.05) is 27.7 Å². The molecular weight excluding hydrogens is 438 g/mol. The summed E-state index contributed by atoms with van der Waals surface area (Å²) in [5.74, 6) is -1.23. The molecule has 0 fully saturated rings. The van der Waals surface area contributed by atoms with Crippen LogP contribution >= 0.6 is 0 Å². The van der Waals surface area contributed by atoms with Crippen molar-refractivity contribution in [2.45, 2.75) is 90.1 Å². The molecular formula is C30H50NO4+. The number of nitrogens with zero attached hydrogens (tertiary/aromatic N) is 1. The van der Waals surface area contributed by atoms with Crippen LogP contribution in [0.2, 0.25) is 0 Å². The van der Waals surface area contributed by atoms with Gasteiger partial charge in [-0.3, -0.25) is 9.59 Å². The third-order valence-corrected chi connectivity index (χ3v) is 5.11. The van der Waals surface area contributed by atoms with E-state index in [0.29, 0.717) is 17.4 Å². The van der Waals surface area contributed by atoms with Crippen LogP contribution in [0.15, 0.2) is 60.8 Å². The number of unbranched alkanes of at least 4 members (excludes halogenated alkanes) is 4. The zero-order chi connectivity index (χ0) is 26.2. The van der Waals surface area contributed by atoms with Crippen molar-refractivity contribution < 1.29 is 23.9 Å². The monoisotopic (exact) mass is 488 g/mol. The maximum atomic E-state index is 12.1. The molecule has 1 N–H and O–H groups in total. The van der Waals surface area contributed by atoms with E-state index in [1.54, 1.807) is 0 Å². The number of carbonyl (C=O) groups excluding carboxylic acids is 1. The van der Waals surface area contributed by atoms with Crippen LogP contribution in [0, 0.1) is 0 Å². The lowest BCUT2D eigenvalue weighted by Crippen LogP contribution is -2.43. The quantitative estimate of drug-likeness (QED) is 0.0805. The summed E-state index contributed by atoms with van der Waals surface area (Å²) in [6, 6.07) is 0. The third-order valence-electron chi connectivity index (χ3n) is 5.11. The van der Waals surface area contributed by atoms with Crippen molar-refractivity contribution in [3.8, 4) is 0 Å². The Hall–Kier alpha value is -2.40. The first kappa shape index (κ1) is 32.6.